The Morgan fingerprint density at radius 2 is 1.53 bits per heavy atom. The molecule has 2 aromatic carbocycles. The number of hydrogen-bond donors (Lipinski definition) is 3. The van der Waals surface area contributed by atoms with Crippen molar-refractivity contribution in [1.82, 2.24) is 10.0 Å². The lowest BCUT2D eigenvalue weighted by molar-refractivity contribution is -0.119. The fraction of sp³-hybridized carbons (Fsp3) is 0.286. The highest BCUT2D eigenvalue weighted by atomic mass is 32.2. The molecule has 0 heterocycles. The SMILES string of the molecule is CC(=O)NS(=O)(=O)c1ccc(NC(=O)C(NC(=O)c2ccccc2C)C(C)C)cc1. The first-order valence-electron chi connectivity index (χ1n) is 9.32. The standard InChI is InChI=1S/C21H25N3O5S/c1-13(2)19(23-20(26)18-8-6-5-7-14(18)3)21(27)22-16-9-11-17(12-10-16)30(28,29)24-15(4)25/h5-13,19H,1-4H3,(H,22,27)(H,23,26)(H,24,25). The Bertz CT molecular complexity index is 1050. The maximum atomic E-state index is 12.7. The molecule has 0 bridgehead atoms. The van der Waals surface area contributed by atoms with Crippen molar-refractivity contribution in [3.05, 3.63) is 59.7 Å². The average Bonchev–Trinajstić information content (AvgIpc) is 2.65. The normalized spacial score (nSPS) is 12.2. The second kappa shape index (κ2) is 9.53. The molecule has 160 valence electrons. The van der Waals surface area contributed by atoms with E-state index in [1.54, 1.807) is 12.1 Å². The van der Waals surface area contributed by atoms with Gasteiger partial charge in [0.1, 0.15) is 6.04 Å². The molecule has 0 fully saturated rings. The predicted octanol–water partition coefficient (Wildman–Crippen LogP) is 2.21. The van der Waals surface area contributed by atoms with Gasteiger partial charge in [-0.1, -0.05) is 32.0 Å². The third-order valence-corrected chi connectivity index (χ3v) is 5.78. The van der Waals surface area contributed by atoms with Crippen LogP contribution in [0.4, 0.5) is 5.69 Å². The van der Waals surface area contributed by atoms with Crippen LogP contribution in [0.3, 0.4) is 0 Å². The maximum absolute atomic E-state index is 12.7. The summed E-state index contributed by atoms with van der Waals surface area (Å²) in [5, 5.41) is 5.43. The minimum Gasteiger partial charge on any atom is -0.340 e. The van der Waals surface area contributed by atoms with E-state index in [4.69, 9.17) is 0 Å². The quantitative estimate of drug-likeness (QED) is 0.621. The van der Waals surface area contributed by atoms with Crippen LogP contribution in [-0.4, -0.2) is 32.2 Å². The largest absolute Gasteiger partial charge is 0.340 e. The highest BCUT2D eigenvalue weighted by Crippen LogP contribution is 2.16. The van der Waals surface area contributed by atoms with Crippen molar-refractivity contribution in [3.63, 3.8) is 0 Å². The van der Waals surface area contributed by atoms with Crippen LogP contribution in [0.5, 0.6) is 0 Å². The Kier molecular flexibility index (Phi) is 7.33. The zero-order chi connectivity index (χ0) is 22.5. The number of hydrogen-bond acceptors (Lipinski definition) is 5. The first-order valence-corrected chi connectivity index (χ1v) is 10.8. The summed E-state index contributed by atoms with van der Waals surface area (Å²) in [4.78, 5) is 36.2. The van der Waals surface area contributed by atoms with E-state index in [1.165, 1.54) is 24.3 Å². The molecule has 1 unspecified atom stereocenters. The Hall–Kier alpha value is -3.20. The Balaban J connectivity index is 2.12. The molecule has 0 saturated carbocycles. The molecule has 8 nitrogen and oxygen atoms in total. The third-order valence-electron chi connectivity index (χ3n) is 4.34. The lowest BCUT2D eigenvalue weighted by atomic mass is 10.0. The van der Waals surface area contributed by atoms with Gasteiger partial charge in [-0.2, -0.15) is 0 Å². The molecule has 9 heteroatoms. The molecule has 0 aliphatic heterocycles. The number of aryl methyl sites for hydroxylation is 1. The van der Waals surface area contributed by atoms with Gasteiger partial charge >= 0.3 is 0 Å². The summed E-state index contributed by atoms with van der Waals surface area (Å²) < 4.78 is 25.8. The van der Waals surface area contributed by atoms with E-state index in [2.05, 4.69) is 10.6 Å². The third kappa shape index (κ3) is 5.90. The number of nitrogens with one attached hydrogen (secondary N) is 3. The molecule has 2 aromatic rings. The zero-order valence-electron chi connectivity index (χ0n) is 17.2. The van der Waals surface area contributed by atoms with Crippen molar-refractivity contribution >= 4 is 33.4 Å². The van der Waals surface area contributed by atoms with Crippen LogP contribution in [0.25, 0.3) is 0 Å². The van der Waals surface area contributed by atoms with Gasteiger partial charge in [-0.25, -0.2) is 13.1 Å². The van der Waals surface area contributed by atoms with Gasteiger partial charge in [0.05, 0.1) is 4.90 Å². The molecule has 0 radical (unpaired) electrons. The molecule has 0 aliphatic rings. The fourth-order valence-electron chi connectivity index (χ4n) is 2.77. The second-order valence-electron chi connectivity index (χ2n) is 7.19. The smallest absolute Gasteiger partial charge is 0.264 e. The first kappa shape index (κ1) is 23.1. The molecule has 0 aliphatic carbocycles. The number of anilines is 1. The molecule has 3 N–H and O–H groups in total. The number of sulfonamides is 1. The van der Waals surface area contributed by atoms with Crippen LogP contribution in [0, 0.1) is 12.8 Å². The zero-order valence-corrected chi connectivity index (χ0v) is 18.0. The van der Waals surface area contributed by atoms with Crippen LogP contribution < -0.4 is 15.4 Å². The summed E-state index contributed by atoms with van der Waals surface area (Å²) in [5.41, 5.74) is 1.65. The van der Waals surface area contributed by atoms with Crippen LogP contribution in [0.15, 0.2) is 53.4 Å². The molecular formula is C21H25N3O5S. The van der Waals surface area contributed by atoms with Gasteiger partial charge in [0, 0.05) is 18.2 Å². The summed E-state index contributed by atoms with van der Waals surface area (Å²) >= 11 is 0. The maximum Gasteiger partial charge on any atom is 0.264 e. The molecule has 1 atom stereocenters. The van der Waals surface area contributed by atoms with E-state index in [0.29, 0.717) is 11.3 Å². The van der Waals surface area contributed by atoms with Crippen molar-refractivity contribution < 1.29 is 22.8 Å². The van der Waals surface area contributed by atoms with Crippen molar-refractivity contribution in [3.8, 4) is 0 Å². The van der Waals surface area contributed by atoms with E-state index in [0.717, 1.165) is 12.5 Å². The van der Waals surface area contributed by atoms with Gasteiger partial charge in [-0.3, -0.25) is 14.4 Å². The van der Waals surface area contributed by atoms with Crippen molar-refractivity contribution in [1.29, 1.82) is 0 Å². The van der Waals surface area contributed by atoms with E-state index in [1.807, 2.05) is 37.6 Å². The highest BCUT2D eigenvalue weighted by Gasteiger charge is 2.25. The topological polar surface area (TPSA) is 121 Å². The van der Waals surface area contributed by atoms with Crippen molar-refractivity contribution in [2.45, 2.75) is 38.6 Å². The second-order valence-corrected chi connectivity index (χ2v) is 8.87. The van der Waals surface area contributed by atoms with E-state index < -0.39 is 27.9 Å². The van der Waals surface area contributed by atoms with Gasteiger partial charge in [0.2, 0.25) is 11.8 Å². The van der Waals surface area contributed by atoms with Crippen LogP contribution >= 0.6 is 0 Å². The van der Waals surface area contributed by atoms with Crippen LogP contribution in [0.2, 0.25) is 0 Å². The van der Waals surface area contributed by atoms with Gasteiger partial charge in [0.15, 0.2) is 0 Å². The minimum atomic E-state index is -3.95. The average molecular weight is 432 g/mol. The van der Waals surface area contributed by atoms with Crippen LogP contribution in [0.1, 0.15) is 36.7 Å². The van der Waals surface area contributed by atoms with Gasteiger partial charge in [0.25, 0.3) is 15.9 Å². The summed E-state index contributed by atoms with van der Waals surface area (Å²) in [6.45, 7) is 6.54. The first-order chi connectivity index (χ1) is 14.0. The predicted molar refractivity (Wildman–Crippen MR) is 113 cm³/mol. The number of rotatable bonds is 7. The molecular weight excluding hydrogens is 406 g/mol. The minimum absolute atomic E-state index is 0.107. The number of carbonyl (C=O) groups is 3. The molecule has 3 amide bonds. The van der Waals surface area contributed by atoms with Gasteiger partial charge in [-0.15, -0.1) is 0 Å². The van der Waals surface area contributed by atoms with Crippen LogP contribution in [-0.2, 0) is 19.6 Å². The number of benzene rings is 2. The van der Waals surface area contributed by atoms with E-state index in [-0.39, 0.29) is 16.7 Å². The Morgan fingerprint density at radius 1 is 0.933 bits per heavy atom. The molecule has 0 aromatic heterocycles. The molecule has 0 spiro atoms. The molecule has 0 saturated heterocycles. The van der Waals surface area contributed by atoms with Gasteiger partial charge < -0.3 is 10.6 Å². The lowest BCUT2D eigenvalue weighted by Crippen LogP contribution is -2.47. The highest BCUT2D eigenvalue weighted by molar-refractivity contribution is 7.90. The summed E-state index contributed by atoms with van der Waals surface area (Å²) in [6.07, 6.45) is 0. The van der Waals surface area contributed by atoms with Crippen molar-refractivity contribution in [2.75, 3.05) is 5.32 Å². The van der Waals surface area contributed by atoms with Crippen molar-refractivity contribution in [2.24, 2.45) is 5.92 Å². The van der Waals surface area contributed by atoms with E-state index >= 15 is 0 Å². The Labute approximate surface area is 176 Å². The number of carbonyl (C=O) groups excluding carboxylic acids is 3. The molecule has 30 heavy (non-hydrogen) atoms. The Morgan fingerprint density at radius 3 is 2.07 bits per heavy atom. The summed E-state index contributed by atoms with van der Waals surface area (Å²) in [6, 6.07) is 11.7. The molecule has 2 rings (SSSR count). The fourth-order valence-corrected chi connectivity index (χ4v) is 3.76. The monoisotopic (exact) mass is 431 g/mol. The van der Waals surface area contributed by atoms with Gasteiger partial charge in [-0.05, 0) is 48.7 Å². The summed E-state index contributed by atoms with van der Waals surface area (Å²) in [5.74, 6) is -1.66. The van der Waals surface area contributed by atoms with E-state index in [9.17, 15) is 22.8 Å². The number of amides is 3. The summed E-state index contributed by atoms with van der Waals surface area (Å²) in [7, 11) is -3.95. The lowest BCUT2D eigenvalue weighted by Gasteiger charge is -2.22.